The Kier molecular flexibility index (Phi) is 7.85. The third kappa shape index (κ3) is 5.68. The Hall–Kier alpha value is -2.16. The van der Waals surface area contributed by atoms with Gasteiger partial charge in [0, 0.05) is 18.8 Å². The van der Waals surface area contributed by atoms with E-state index >= 15 is 0 Å². The van der Waals surface area contributed by atoms with Gasteiger partial charge in [-0.25, -0.2) is 4.79 Å². The van der Waals surface area contributed by atoms with E-state index in [2.05, 4.69) is 19.1 Å². The van der Waals surface area contributed by atoms with E-state index in [-0.39, 0.29) is 11.8 Å². The van der Waals surface area contributed by atoms with Crippen molar-refractivity contribution in [1.82, 2.24) is 0 Å². The minimum atomic E-state index is -0.329. The van der Waals surface area contributed by atoms with Crippen molar-refractivity contribution < 1.29 is 14.3 Å². The first-order valence-corrected chi connectivity index (χ1v) is 11.3. The largest absolute Gasteiger partial charge is 0.462 e. The Morgan fingerprint density at radius 2 is 1.86 bits per heavy atom. The number of allylic oxidation sites excluding steroid dienone is 4. The second kappa shape index (κ2) is 10.6. The Balaban J connectivity index is 1.52. The van der Waals surface area contributed by atoms with Crippen LogP contribution < -0.4 is 0 Å². The summed E-state index contributed by atoms with van der Waals surface area (Å²) in [5.41, 5.74) is 4.45. The Morgan fingerprint density at radius 1 is 1.07 bits per heavy atom. The molecule has 1 fully saturated rings. The van der Waals surface area contributed by atoms with E-state index < -0.39 is 0 Å². The lowest BCUT2D eigenvalue weighted by Gasteiger charge is -2.28. The molecule has 3 nitrogen and oxygen atoms in total. The molecule has 2 aliphatic rings. The van der Waals surface area contributed by atoms with Crippen molar-refractivity contribution in [1.29, 1.82) is 0 Å². The molecule has 1 saturated carbocycles. The summed E-state index contributed by atoms with van der Waals surface area (Å²) in [6.45, 7) is 4.41. The molecule has 0 radical (unpaired) electrons. The number of rotatable bonds is 9. The van der Waals surface area contributed by atoms with Gasteiger partial charge in [-0.3, -0.25) is 4.79 Å². The van der Waals surface area contributed by atoms with Gasteiger partial charge >= 0.3 is 5.97 Å². The van der Waals surface area contributed by atoms with E-state index in [0.717, 1.165) is 24.3 Å². The number of ketones is 1. The molecule has 3 rings (SSSR count). The molecule has 0 aliphatic heterocycles. The fourth-order valence-corrected chi connectivity index (χ4v) is 4.88. The molecule has 0 spiro atoms. The maximum atomic E-state index is 12.6. The van der Waals surface area contributed by atoms with Crippen LogP contribution in [0.4, 0.5) is 0 Å². The van der Waals surface area contributed by atoms with Crippen molar-refractivity contribution in [3.05, 3.63) is 58.7 Å². The molecule has 29 heavy (non-hydrogen) atoms. The van der Waals surface area contributed by atoms with Crippen molar-refractivity contribution in [2.45, 2.75) is 71.6 Å². The van der Waals surface area contributed by atoms with Crippen LogP contribution >= 0.6 is 0 Å². The lowest BCUT2D eigenvalue weighted by Crippen LogP contribution is -2.16. The second-order valence-corrected chi connectivity index (χ2v) is 8.34. The van der Waals surface area contributed by atoms with Gasteiger partial charge in [0.25, 0.3) is 0 Å². The van der Waals surface area contributed by atoms with Gasteiger partial charge < -0.3 is 4.74 Å². The van der Waals surface area contributed by atoms with Gasteiger partial charge in [-0.05, 0) is 56.2 Å². The van der Waals surface area contributed by atoms with Crippen LogP contribution in [0.5, 0.6) is 0 Å². The zero-order valence-corrected chi connectivity index (χ0v) is 17.9. The summed E-state index contributed by atoms with van der Waals surface area (Å²) >= 11 is 0. The minimum absolute atomic E-state index is 0.230. The molecular formula is C26H34O3. The fourth-order valence-electron chi connectivity index (χ4n) is 4.88. The Bertz CT molecular complexity index is 781. The topological polar surface area (TPSA) is 43.4 Å². The molecule has 1 atom stereocenters. The molecule has 0 saturated heterocycles. The van der Waals surface area contributed by atoms with Crippen LogP contribution in [0.3, 0.4) is 0 Å². The first-order chi connectivity index (χ1) is 14.1. The predicted octanol–water partition coefficient (Wildman–Crippen LogP) is 6.23. The monoisotopic (exact) mass is 394 g/mol. The number of hydrogen-bond acceptors (Lipinski definition) is 3. The van der Waals surface area contributed by atoms with Gasteiger partial charge in [-0.15, -0.1) is 0 Å². The third-order valence-corrected chi connectivity index (χ3v) is 6.36. The van der Waals surface area contributed by atoms with Crippen LogP contribution in [0.25, 0.3) is 0 Å². The first-order valence-electron chi connectivity index (χ1n) is 11.3. The highest BCUT2D eigenvalue weighted by molar-refractivity contribution is 5.90. The van der Waals surface area contributed by atoms with Gasteiger partial charge in [-0.1, -0.05) is 61.6 Å². The molecule has 0 amide bonds. The molecule has 2 aliphatic carbocycles. The summed E-state index contributed by atoms with van der Waals surface area (Å²) in [7, 11) is 0. The third-order valence-electron chi connectivity index (χ3n) is 6.36. The zero-order chi connectivity index (χ0) is 20.6. The normalized spacial score (nSPS) is 19.6. The number of esters is 1. The molecule has 0 heterocycles. The number of ether oxygens (including phenoxy) is 1. The summed E-state index contributed by atoms with van der Waals surface area (Å²) < 4.78 is 5.05. The standard InChI is InChI=1S/C26H34O3/c1-3-24-21(14-16-25(24)20-10-6-5-7-11-20)13-15-23(27)18-19-9-8-12-22(17-19)26(28)29-4-2/h8-9,12,14,16-17,20,24H,3-7,10-11,13,15,18H2,1-2H3. The minimum Gasteiger partial charge on any atom is -0.462 e. The van der Waals surface area contributed by atoms with E-state index in [0.29, 0.717) is 30.9 Å². The van der Waals surface area contributed by atoms with Crippen molar-refractivity contribution in [2.24, 2.45) is 11.8 Å². The second-order valence-electron chi connectivity index (χ2n) is 8.34. The number of benzene rings is 1. The quantitative estimate of drug-likeness (QED) is 0.466. The van der Waals surface area contributed by atoms with Crippen molar-refractivity contribution in [3.8, 4) is 0 Å². The predicted molar refractivity (Wildman–Crippen MR) is 117 cm³/mol. The van der Waals surface area contributed by atoms with E-state index in [9.17, 15) is 9.59 Å². The highest BCUT2D eigenvalue weighted by atomic mass is 16.5. The summed E-state index contributed by atoms with van der Waals surface area (Å²) in [6.07, 6.45) is 14.3. The average molecular weight is 395 g/mol. The van der Waals surface area contributed by atoms with Crippen molar-refractivity contribution in [2.75, 3.05) is 6.61 Å². The van der Waals surface area contributed by atoms with Crippen LogP contribution in [0.15, 0.2) is 47.6 Å². The molecule has 0 bridgehead atoms. The maximum absolute atomic E-state index is 12.6. The molecule has 3 heteroatoms. The van der Waals surface area contributed by atoms with Crippen molar-refractivity contribution in [3.63, 3.8) is 0 Å². The molecule has 1 aromatic rings. The van der Waals surface area contributed by atoms with Crippen LogP contribution in [-0.2, 0) is 16.0 Å². The zero-order valence-electron chi connectivity index (χ0n) is 17.9. The van der Waals surface area contributed by atoms with E-state index in [4.69, 9.17) is 4.74 Å². The fraction of sp³-hybridized carbons (Fsp3) is 0.538. The van der Waals surface area contributed by atoms with Gasteiger partial charge in [0.05, 0.1) is 12.2 Å². The molecule has 0 N–H and O–H groups in total. The van der Waals surface area contributed by atoms with Crippen LogP contribution in [0, 0.1) is 11.8 Å². The van der Waals surface area contributed by atoms with Gasteiger partial charge in [0.2, 0.25) is 0 Å². The Labute approximate surface area is 175 Å². The highest BCUT2D eigenvalue weighted by Gasteiger charge is 2.28. The van der Waals surface area contributed by atoms with Gasteiger partial charge in [-0.2, -0.15) is 0 Å². The molecule has 156 valence electrons. The van der Waals surface area contributed by atoms with Crippen LogP contribution in [0.2, 0.25) is 0 Å². The summed E-state index contributed by atoms with van der Waals surface area (Å²) in [6, 6.07) is 7.25. The van der Waals surface area contributed by atoms with Gasteiger partial charge in [0.15, 0.2) is 0 Å². The Morgan fingerprint density at radius 3 is 2.59 bits per heavy atom. The van der Waals surface area contributed by atoms with E-state index in [1.54, 1.807) is 24.6 Å². The summed E-state index contributed by atoms with van der Waals surface area (Å²) in [4.78, 5) is 24.5. The lowest BCUT2D eigenvalue weighted by molar-refractivity contribution is -0.118. The summed E-state index contributed by atoms with van der Waals surface area (Å²) in [5, 5.41) is 0. The maximum Gasteiger partial charge on any atom is 0.338 e. The number of carbonyl (C=O) groups excluding carboxylic acids is 2. The number of hydrogen-bond donors (Lipinski definition) is 0. The van der Waals surface area contributed by atoms with Crippen molar-refractivity contribution >= 4 is 11.8 Å². The smallest absolute Gasteiger partial charge is 0.338 e. The van der Waals surface area contributed by atoms with Gasteiger partial charge in [0.1, 0.15) is 5.78 Å². The van der Waals surface area contributed by atoms with E-state index in [1.807, 2.05) is 12.1 Å². The summed E-state index contributed by atoms with van der Waals surface area (Å²) in [5.74, 6) is 1.19. The first kappa shape index (κ1) is 21.5. The van der Waals surface area contributed by atoms with Crippen LogP contribution in [-0.4, -0.2) is 18.4 Å². The molecule has 1 aromatic carbocycles. The molecule has 0 aromatic heterocycles. The average Bonchev–Trinajstić information content (AvgIpc) is 3.16. The van der Waals surface area contributed by atoms with E-state index in [1.165, 1.54) is 37.7 Å². The lowest BCUT2D eigenvalue weighted by atomic mass is 9.77. The number of Topliss-reactive ketones (excluding diaryl/α,β-unsaturated/α-hetero) is 1. The molecular weight excluding hydrogens is 360 g/mol. The number of carbonyl (C=O) groups is 2. The van der Waals surface area contributed by atoms with Crippen LogP contribution in [0.1, 0.15) is 81.1 Å². The SMILES string of the molecule is CCOC(=O)c1cccc(CC(=O)CCC2=CC=C(C3CCCCC3)C2CC)c1. The highest BCUT2D eigenvalue weighted by Crippen LogP contribution is 2.42. The molecule has 1 unspecified atom stereocenters.